The van der Waals surface area contributed by atoms with Gasteiger partial charge in [-0.1, -0.05) is 139 Å². The fraction of sp³-hybridized carbons (Fsp3) is 0.245. The summed E-state index contributed by atoms with van der Waals surface area (Å²) in [7, 11) is 0. The van der Waals surface area contributed by atoms with Gasteiger partial charge in [0.05, 0.1) is 48.7 Å². The summed E-state index contributed by atoms with van der Waals surface area (Å²) in [6, 6.07) is 48.8. The van der Waals surface area contributed by atoms with Crippen molar-refractivity contribution in [1.82, 2.24) is 9.80 Å². The molecule has 612 valence electrons. The summed E-state index contributed by atoms with van der Waals surface area (Å²) >= 11 is 0. The van der Waals surface area contributed by atoms with Crippen molar-refractivity contribution in [1.29, 1.82) is 0 Å². The number of ether oxygens (including phenoxy) is 8. The van der Waals surface area contributed by atoms with Gasteiger partial charge in [0.2, 0.25) is 0 Å². The van der Waals surface area contributed by atoms with E-state index in [9.17, 15) is 19.2 Å². The van der Waals surface area contributed by atoms with Gasteiger partial charge in [-0.25, -0.2) is 19.2 Å². The van der Waals surface area contributed by atoms with E-state index in [1.165, 1.54) is 34.1 Å². The molecule has 2 unspecified atom stereocenters. The Kier molecular flexibility index (Phi) is 25.1. The van der Waals surface area contributed by atoms with Crippen LogP contribution in [-0.4, -0.2) is 121 Å². The maximum atomic E-state index is 16.7. The molecule has 0 fully saturated rings. The van der Waals surface area contributed by atoms with E-state index in [1.54, 1.807) is 215 Å². The monoisotopic (exact) mass is 1610 g/mol. The van der Waals surface area contributed by atoms with Gasteiger partial charge in [-0.15, -0.1) is 0 Å². The van der Waals surface area contributed by atoms with Crippen LogP contribution in [0, 0.1) is 11.8 Å². The van der Waals surface area contributed by atoms with Crippen LogP contribution in [0.5, 0.6) is 46.0 Å². The minimum absolute atomic E-state index is 0.0207. The number of para-hydroxylation sites is 2. The quantitative estimate of drug-likeness (QED) is 0.00906. The van der Waals surface area contributed by atoms with Crippen LogP contribution in [0.15, 0.2) is 231 Å². The van der Waals surface area contributed by atoms with Gasteiger partial charge >= 0.3 is 23.9 Å². The Balaban J connectivity index is 1.16. The van der Waals surface area contributed by atoms with Crippen molar-refractivity contribution in [2.75, 3.05) is 49.3 Å². The molecule has 2 atom stereocenters. The second-order valence-corrected chi connectivity index (χ2v) is 30.5. The van der Waals surface area contributed by atoms with Crippen molar-refractivity contribution in [2.24, 2.45) is 11.8 Å². The van der Waals surface area contributed by atoms with Gasteiger partial charge in [0.15, 0.2) is 0 Å². The van der Waals surface area contributed by atoms with E-state index >= 15 is 28.8 Å². The molecule has 0 saturated heterocycles. The van der Waals surface area contributed by atoms with Crippen LogP contribution < -0.4 is 28.7 Å². The normalized spacial score (nSPS) is 12.9. The molecule has 13 rings (SSSR count). The number of benzene rings is 11. The van der Waals surface area contributed by atoms with Gasteiger partial charge in [0, 0.05) is 116 Å². The predicted molar refractivity (Wildman–Crippen MR) is 459 cm³/mol. The molecule has 2 heterocycles. The molecule has 22 heteroatoms. The molecule has 11 aromatic carbocycles. The van der Waals surface area contributed by atoms with Crippen molar-refractivity contribution in [3.63, 3.8) is 0 Å². The van der Waals surface area contributed by atoms with Crippen molar-refractivity contribution in [3.8, 4) is 46.0 Å². The van der Waals surface area contributed by atoms with E-state index < -0.39 is 83.2 Å². The van der Waals surface area contributed by atoms with E-state index in [1.807, 2.05) is 12.1 Å². The summed E-state index contributed by atoms with van der Waals surface area (Å²) in [5.41, 5.74) is 4.60. The number of esters is 4. The van der Waals surface area contributed by atoms with Crippen molar-refractivity contribution in [3.05, 3.63) is 275 Å². The molecule has 0 saturated carbocycles. The largest absolute Gasteiger partial charge is 0.462 e. The first-order valence-corrected chi connectivity index (χ1v) is 39.8. The molecule has 2 aliphatic heterocycles. The van der Waals surface area contributed by atoms with Crippen LogP contribution >= 0.6 is 0 Å². The Hall–Kier alpha value is -14.0. The molecule has 0 radical (unpaired) electrons. The van der Waals surface area contributed by atoms with Crippen LogP contribution in [0.1, 0.15) is 133 Å². The lowest BCUT2D eigenvalue weighted by molar-refractivity contribution is -0.139. The van der Waals surface area contributed by atoms with E-state index in [-0.39, 0.29) is 173 Å². The molecule has 0 N–H and O–H groups in total. The molecule has 0 aliphatic carbocycles. The number of fused-ring (bicyclic) bond motifs is 2. The van der Waals surface area contributed by atoms with Crippen molar-refractivity contribution in [2.45, 2.75) is 107 Å². The number of hydrogen-bond acceptors (Lipinski definition) is 18. The number of imide groups is 2. The number of carbonyl (C=O) groups excluding carboxylic acids is 10. The highest BCUT2D eigenvalue weighted by Gasteiger charge is 2.49. The van der Waals surface area contributed by atoms with Gasteiger partial charge < -0.3 is 47.7 Å². The Morgan fingerprint density at radius 3 is 0.750 bits per heavy atom. The van der Waals surface area contributed by atoms with Crippen LogP contribution in [0.3, 0.4) is 0 Å². The lowest BCUT2D eigenvalue weighted by Gasteiger charge is -2.39. The smallest absolute Gasteiger partial charge is 0.333 e. The standard InChI is InChI=1S/C98H92N4O18/c1-15-99(65-23-19-17-20-24-65)93(107)87(55(3)4)101-89(103)71-51-75(117-67-35-27-61(28-36-67)43-47-113-95(109)57(7)8)81-83-77(119-69-39-31-63(32-40-69)45-49-115-97(111)59(11)12)53-73-80-74(92(106)102(91(73)105)88(56(5)6)94(108)100(16-2)66-25-21-18-22-26-66)54-78(120-70-41-33-64(34-42-70)46-50-116-98(112)60(13)14)84(86(80)83)82-76(52-72(90(101)104)79(71)85(81)82)118-68-37-29-62(30-38-68)44-48-114-96(110)58(9)10/h17-42,51-56,87-88H,7,9,11,13,15-16,43-50H2,1-6,8,10,12,14H3. The van der Waals surface area contributed by atoms with Gasteiger partial charge in [-0.2, -0.15) is 0 Å². The molecule has 22 nitrogen and oxygen atoms in total. The Morgan fingerprint density at radius 1 is 0.325 bits per heavy atom. The molecule has 2 aliphatic rings. The van der Waals surface area contributed by atoms with Crippen molar-refractivity contribution >= 4 is 114 Å². The lowest BCUT2D eigenvalue weighted by Crippen LogP contribution is -2.57. The second kappa shape index (κ2) is 35.8. The van der Waals surface area contributed by atoms with E-state index in [2.05, 4.69) is 26.3 Å². The molecule has 0 aromatic heterocycles. The third kappa shape index (κ3) is 17.1. The topological polar surface area (TPSA) is 258 Å². The summed E-state index contributed by atoms with van der Waals surface area (Å²) in [6.07, 6.45) is 1.17. The summed E-state index contributed by atoms with van der Waals surface area (Å²) in [5, 5.41) is 1.08. The molecule has 0 bridgehead atoms. The third-order valence-electron chi connectivity index (χ3n) is 21.1. The van der Waals surface area contributed by atoms with Crippen LogP contribution in [0.2, 0.25) is 0 Å². The highest BCUT2D eigenvalue weighted by atomic mass is 16.5. The van der Waals surface area contributed by atoms with E-state index in [0.717, 1.165) is 32.1 Å². The summed E-state index contributed by atoms with van der Waals surface area (Å²) in [6.45, 7) is 32.1. The highest BCUT2D eigenvalue weighted by Crippen LogP contribution is 2.58. The number of rotatable bonds is 34. The number of anilines is 2. The number of carbonyl (C=O) groups is 10. The maximum absolute atomic E-state index is 16.7. The minimum Gasteiger partial charge on any atom is -0.462 e. The molecular formula is C98H92N4O18. The summed E-state index contributed by atoms with van der Waals surface area (Å²) in [4.78, 5) is 153. The number of nitrogens with zero attached hydrogens (tertiary/aromatic N) is 4. The highest BCUT2D eigenvalue weighted by molar-refractivity contribution is 6.45. The zero-order valence-electron chi connectivity index (χ0n) is 68.7. The third-order valence-corrected chi connectivity index (χ3v) is 21.1. The average molecular weight is 1610 g/mol. The Labute approximate surface area is 695 Å². The first-order chi connectivity index (χ1) is 57.6. The van der Waals surface area contributed by atoms with Crippen molar-refractivity contribution < 1.29 is 85.8 Å². The van der Waals surface area contributed by atoms with Crippen LogP contribution in [0.25, 0.3) is 43.1 Å². The zero-order chi connectivity index (χ0) is 85.7. The first kappa shape index (κ1) is 83.9. The fourth-order valence-electron chi connectivity index (χ4n) is 15.2. The maximum Gasteiger partial charge on any atom is 0.333 e. The molecular weight excluding hydrogens is 1520 g/mol. The van der Waals surface area contributed by atoms with Crippen LogP contribution in [-0.2, 0) is 73.4 Å². The van der Waals surface area contributed by atoms with E-state index in [0.29, 0.717) is 37.1 Å². The lowest BCUT2D eigenvalue weighted by atomic mass is 9.80. The van der Waals surface area contributed by atoms with Gasteiger partial charge in [-0.3, -0.25) is 38.6 Å². The van der Waals surface area contributed by atoms with Crippen LogP contribution in [0.4, 0.5) is 11.4 Å². The van der Waals surface area contributed by atoms with Gasteiger partial charge in [0.25, 0.3) is 35.4 Å². The number of amides is 6. The number of likely N-dealkylation sites (N-methyl/N-ethyl adjacent to an activating group) is 2. The molecule has 6 amide bonds. The predicted octanol–water partition coefficient (Wildman–Crippen LogP) is 18.9. The second-order valence-electron chi connectivity index (χ2n) is 30.5. The number of hydrogen-bond donors (Lipinski definition) is 0. The Bertz CT molecular complexity index is 5310. The van der Waals surface area contributed by atoms with E-state index in [4.69, 9.17) is 37.9 Å². The molecule has 11 aromatic rings. The van der Waals surface area contributed by atoms with Gasteiger partial charge in [0.1, 0.15) is 58.1 Å². The zero-order valence-corrected chi connectivity index (χ0v) is 68.7. The molecule has 120 heavy (non-hydrogen) atoms. The Morgan fingerprint density at radius 2 is 0.550 bits per heavy atom. The molecule has 0 spiro atoms. The minimum atomic E-state index is -1.44. The summed E-state index contributed by atoms with van der Waals surface area (Å²) in [5.74, 6) is -7.51. The summed E-state index contributed by atoms with van der Waals surface area (Å²) < 4.78 is 51.3. The first-order valence-electron chi connectivity index (χ1n) is 39.8. The van der Waals surface area contributed by atoms with Gasteiger partial charge in [-0.05, 0) is 173 Å². The SMILES string of the molecule is C=C(C)C(=O)OCCc1ccc(Oc2cc3c4c(cc(Oc5ccc(CCOC(=O)C(=C)C)cc5)c5c6c(Oc7ccc(CCOC(=O)C(=C)C)cc7)cc7c8c(cc(Oc9ccc(CCOC(=O)C(=C)C)cc9)c(c2c45)c86)C(=O)N(C(C(=O)N(CC)c2ccccc2)C(C)C)C7=O)C(=O)N(C(C(=O)N(CC)c2ccccc2)C(C)C)C3=O)cc1. The average Bonchev–Trinajstić information content (AvgIpc) is 0.669. The fourth-order valence-corrected chi connectivity index (χ4v) is 15.2.